The minimum absolute atomic E-state index is 0.0565. The van der Waals surface area contributed by atoms with Gasteiger partial charge in [0.1, 0.15) is 0 Å². The summed E-state index contributed by atoms with van der Waals surface area (Å²) in [5, 5.41) is 14.1. The molecule has 0 fully saturated rings. The van der Waals surface area contributed by atoms with E-state index in [9.17, 15) is 9.90 Å². The van der Waals surface area contributed by atoms with Gasteiger partial charge < -0.3 is 15.0 Å². The van der Waals surface area contributed by atoms with Gasteiger partial charge in [0.2, 0.25) is 5.91 Å². The predicted molar refractivity (Wildman–Crippen MR) is 95.7 cm³/mol. The lowest BCUT2D eigenvalue weighted by atomic mass is 10.1. The first-order valence-corrected chi connectivity index (χ1v) is 8.19. The van der Waals surface area contributed by atoms with Gasteiger partial charge in [0.15, 0.2) is 0 Å². The van der Waals surface area contributed by atoms with Crippen molar-refractivity contribution < 1.29 is 9.90 Å². The van der Waals surface area contributed by atoms with Crippen molar-refractivity contribution in [2.24, 2.45) is 0 Å². The van der Waals surface area contributed by atoms with E-state index < -0.39 is 6.10 Å². The number of benzene rings is 2. The molecule has 2 N–H and O–H groups in total. The molecule has 0 bridgehead atoms. The number of aliphatic hydroxyl groups excluding tert-OH is 1. The summed E-state index contributed by atoms with van der Waals surface area (Å²) in [4.78, 5) is 12.0. The SMILES string of the molecule is Cc1ccc([C@H](O)CNC(=O)CCn2ccc3ccccc32)cc1. The van der Waals surface area contributed by atoms with E-state index in [0.717, 1.165) is 16.6 Å². The van der Waals surface area contributed by atoms with E-state index in [2.05, 4.69) is 16.0 Å². The first-order chi connectivity index (χ1) is 11.6. The Morgan fingerprint density at radius 3 is 2.67 bits per heavy atom. The molecular weight excluding hydrogens is 300 g/mol. The summed E-state index contributed by atoms with van der Waals surface area (Å²) < 4.78 is 2.07. The molecule has 1 atom stereocenters. The summed E-state index contributed by atoms with van der Waals surface area (Å²) in [6, 6.07) is 17.8. The highest BCUT2D eigenvalue weighted by molar-refractivity contribution is 5.80. The summed E-state index contributed by atoms with van der Waals surface area (Å²) in [5.74, 6) is -0.0565. The second kappa shape index (κ2) is 7.32. The molecule has 4 heteroatoms. The van der Waals surface area contributed by atoms with E-state index in [0.29, 0.717) is 13.0 Å². The van der Waals surface area contributed by atoms with Gasteiger partial charge in [-0.15, -0.1) is 0 Å². The minimum Gasteiger partial charge on any atom is -0.387 e. The molecule has 1 aromatic heterocycles. The third-order valence-electron chi connectivity index (χ3n) is 4.21. The largest absolute Gasteiger partial charge is 0.387 e. The Balaban J connectivity index is 1.50. The van der Waals surface area contributed by atoms with E-state index in [4.69, 9.17) is 0 Å². The number of aliphatic hydroxyl groups is 1. The topological polar surface area (TPSA) is 54.3 Å². The number of nitrogens with zero attached hydrogens (tertiary/aromatic N) is 1. The Hall–Kier alpha value is -2.59. The number of nitrogens with one attached hydrogen (secondary N) is 1. The summed E-state index contributed by atoms with van der Waals surface area (Å²) >= 11 is 0. The van der Waals surface area contributed by atoms with Crippen LogP contribution >= 0.6 is 0 Å². The lowest BCUT2D eigenvalue weighted by molar-refractivity contribution is -0.121. The lowest BCUT2D eigenvalue weighted by Gasteiger charge is -2.13. The number of fused-ring (bicyclic) bond motifs is 1. The first-order valence-electron chi connectivity index (χ1n) is 8.19. The van der Waals surface area contributed by atoms with Crippen LogP contribution < -0.4 is 5.32 Å². The Morgan fingerprint density at radius 2 is 1.88 bits per heavy atom. The van der Waals surface area contributed by atoms with Crippen LogP contribution in [-0.2, 0) is 11.3 Å². The van der Waals surface area contributed by atoms with Gasteiger partial charge in [0, 0.05) is 31.2 Å². The summed E-state index contributed by atoms with van der Waals surface area (Å²) in [7, 11) is 0. The van der Waals surface area contributed by atoms with Crippen LogP contribution in [0.2, 0.25) is 0 Å². The maximum Gasteiger partial charge on any atom is 0.221 e. The molecule has 24 heavy (non-hydrogen) atoms. The molecule has 0 aliphatic rings. The van der Waals surface area contributed by atoms with Crippen LogP contribution in [0.15, 0.2) is 60.8 Å². The molecule has 0 unspecified atom stereocenters. The lowest BCUT2D eigenvalue weighted by Crippen LogP contribution is -2.29. The van der Waals surface area contributed by atoms with Crippen molar-refractivity contribution in [3.8, 4) is 0 Å². The standard InChI is InChI=1S/C20H22N2O2/c1-15-6-8-17(9-7-15)19(23)14-21-20(24)11-13-22-12-10-16-4-2-3-5-18(16)22/h2-10,12,19,23H,11,13-14H2,1H3,(H,21,24)/t19-/m1/s1. The minimum atomic E-state index is -0.679. The van der Waals surface area contributed by atoms with Gasteiger partial charge in [-0.25, -0.2) is 0 Å². The van der Waals surface area contributed by atoms with Gasteiger partial charge in [-0.05, 0) is 30.0 Å². The normalized spacial score (nSPS) is 12.2. The highest BCUT2D eigenvalue weighted by atomic mass is 16.3. The third-order valence-corrected chi connectivity index (χ3v) is 4.21. The Bertz CT molecular complexity index is 821. The molecule has 3 aromatic rings. The van der Waals surface area contributed by atoms with E-state index in [-0.39, 0.29) is 12.5 Å². The van der Waals surface area contributed by atoms with Crippen molar-refractivity contribution in [2.75, 3.05) is 6.54 Å². The fourth-order valence-corrected chi connectivity index (χ4v) is 2.76. The van der Waals surface area contributed by atoms with Crippen molar-refractivity contribution in [3.05, 3.63) is 71.9 Å². The van der Waals surface area contributed by atoms with Crippen LogP contribution in [0, 0.1) is 6.92 Å². The molecule has 1 heterocycles. The highest BCUT2D eigenvalue weighted by Crippen LogP contribution is 2.15. The molecule has 0 saturated heterocycles. The maximum absolute atomic E-state index is 12.0. The molecule has 0 saturated carbocycles. The number of para-hydroxylation sites is 1. The van der Waals surface area contributed by atoms with Crippen LogP contribution in [0.1, 0.15) is 23.7 Å². The summed E-state index contributed by atoms with van der Waals surface area (Å²) in [6.07, 6.45) is 1.71. The number of amides is 1. The highest BCUT2D eigenvalue weighted by Gasteiger charge is 2.10. The smallest absolute Gasteiger partial charge is 0.221 e. The van der Waals surface area contributed by atoms with Crippen LogP contribution in [-0.4, -0.2) is 22.1 Å². The zero-order valence-corrected chi connectivity index (χ0v) is 13.8. The third kappa shape index (κ3) is 3.84. The molecule has 0 spiro atoms. The van der Waals surface area contributed by atoms with Crippen molar-refractivity contribution in [1.82, 2.24) is 9.88 Å². The van der Waals surface area contributed by atoms with E-state index >= 15 is 0 Å². The Labute approximate surface area is 141 Å². The quantitative estimate of drug-likeness (QED) is 0.732. The molecule has 0 radical (unpaired) electrons. The van der Waals surface area contributed by atoms with E-state index in [1.807, 2.05) is 61.7 Å². The summed E-state index contributed by atoms with van der Waals surface area (Å²) in [5.41, 5.74) is 3.09. The summed E-state index contributed by atoms with van der Waals surface area (Å²) in [6.45, 7) is 2.86. The zero-order chi connectivity index (χ0) is 16.9. The van der Waals surface area contributed by atoms with E-state index in [1.165, 1.54) is 5.39 Å². The predicted octanol–water partition coefficient (Wildman–Crippen LogP) is 3.19. The average Bonchev–Trinajstić information content (AvgIpc) is 3.01. The number of hydrogen-bond donors (Lipinski definition) is 2. The fraction of sp³-hybridized carbons (Fsp3) is 0.250. The van der Waals surface area contributed by atoms with Gasteiger partial charge in [-0.2, -0.15) is 0 Å². The van der Waals surface area contributed by atoms with Crippen molar-refractivity contribution in [3.63, 3.8) is 0 Å². The van der Waals surface area contributed by atoms with Crippen LogP contribution in [0.25, 0.3) is 10.9 Å². The van der Waals surface area contributed by atoms with Crippen molar-refractivity contribution in [2.45, 2.75) is 26.0 Å². The molecular formula is C20H22N2O2. The monoisotopic (exact) mass is 322 g/mol. The van der Waals surface area contributed by atoms with Gasteiger partial charge in [0.05, 0.1) is 6.10 Å². The number of aryl methyl sites for hydroxylation is 2. The van der Waals surface area contributed by atoms with Gasteiger partial charge in [-0.1, -0.05) is 48.0 Å². The van der Waals surface area contributed by atoms with Crippen LogP contribution in [0.4, 0.5) is 0 Å². The number of aromatic nitrogens is 1. The number of hydrogen-bond acceptors (Lipinski definition) is 2. The van der Waals surface area contributed by atoms with E-state index in [1.54, 1.807) is 0 Å². The molecule has 0 aliphatic carbocycles. The van der Waals surface area contributed by atoms with Gasteiger partial charge in [-0.3, -0.25) is 4.79 Å². The fourth-order valence-electron chi connectivity index (χ4n) is 2.76. The molecule has 0 aliphatic heterocycles. The van der Waals surface area contributed by atoms with Crippen LogP contribution in [0.3, 0.4) is 0 Å². The molecule has 1 amide bonds. The Kier molecular flexibility index (Phi) is 4.96. The van der Waals surface area contributed by atoms with Crippen molar-refractivity contribution >= 4 is 16.8 Å². The van der Waals surface area contributed by atoms with Gasteiger partial charge >= 0.3 is 0 Å². The molecule has 2 aromatic carbocycles. The number of carbonyl (C=O) groups is 1. The Morgan fingerprint density at radius 1 is 1.12 bits per heavy atom. The molecule has 3 rings (SSSR count). The average molecular weight is 322 g/mol. The molecule has 4 nitrogen and oxygen atoms in total. The molecule has 124 valence electrons. The van der Waals surface area contributed by atoms with Crippen molar-refractivity contribution in [1.29, 1.82) is 0 Å². The number of rotatable bonds is 6. The maximum atomic E-state index is 12.0. The second-order valence-corrected chi connectivity index (χ2v) is 6.05. The first kappa shape index (κ1) is 16.3. The second-order valence-electron chi connectivity index (χ2n) is 6.05. The number of carbonyl (C=O) groups excluding carboxylic acids is 1. The zero-order valence-electron chi connectivity index (χ0n) is 13.8. The van der Waals surface area contributed by atoms with Gasteiger partial charge in [0.25, 0.3) is 0 Å². The van der Waals surface area contributed by atoms with Crippen LogP contribution in [0.5, 0.6) is 0 Å².